The summed E-state index contributed by atoms with van der Waals surface area (Å²) in [5.41, 5.74) is 1.10. The van der Waals surface area contributed by atoms with Crippen LogP contribution >= 0.6 is 0 Å². The van der Waals surface area contributed by atoms with Crippen molar-refractivity contribution in [3.05, 3.63) is 48.3 Å². The van der Waals surface area contributed by atoms with Gasteiger partial charge in [-0.05, 0) is 50.1 Å². The third kappa shape index (κ3) is 4.93. The van der Waals surface area contributed by atoms with Crippen LogP contribution in [-0.4, -0.2) is 39.8 Å². The Hall–Kier alpha value is -3.16. The first kappa shape index (κ1) is 18.6. The van der Waals surface area contributed by atoms with Crippen LogP contribution < -0.4 is 10.6 Å². The molecular weight excluding hydrogens is 348 g/mol. The zero-order chi connectivity index (χ0) is 19.2. The Kier molecular flexibility index (Phi) is 5.85. The van der Waals surface area contributed by atoms with E-state index >= 15 is 0 Å². The van der Waals surface area contributed by atoms with E-state index in [4.69, 9.17) is 4.74 Å². The second-order valence-electron chi connectivity index (χ2n) is 6.49. The molecule has 1 atom stereocenters. The zero-order valence-electron chi connectivity index (χ0n) is 15.1. The molecule has 3 amide bonds. The molecule has 1 saturated carbocycles. The second kappa shape index (κ2) is 8.48. The van der Waals surface area contributed by atoms with Gasteiger partial charge < -0.3 is 10.1 Å². The van der Waals surface area contributed by atoms with Crippen molar-refractivity contribution in [2.75, 3.05) is 0 Å². The normalized spacial score (nSPS) is 15.1. The summed E-state index contributed by atoms with van der Waals surface area (Å²) in [4.78, 5) is 36.1. The summed E-state index contributed by atoms with van der Waals surface area (Å²) in [6, 6.07) is 7.98. The van der Waals surface area contributed by atoms with Crippen molar-refractivity contribution in [1.29, 1.82) is 0 Å². The molecule has 0 aliphatic heterocycles. The summed E-state index contributed by atoms with van der Waals surface area (Å²) in [7, 11) is 0. The van der Waals surface area contributed by atoms with E-state index in [-0.39, 0.29) is 6.04 Å². The largest absolute Gasteiger partial charge is 0.449 e. The number of ether oxygens (including phenoxy) is 1. The third-order valence-corrected chi connectivity index (χ3v) is 4.45. The van der Waals surface area contributed by atoms with Crippen LogP contribution in [-0.2, 0) is 9.53 Å². The number of carbonyl (C=O) groups is 3. The molecule has 8 nitrogen and oxygen atoms in total. The van der Waals surface area contributed by atoms with Crippen LogP contribution in [0.3, 0.4) is 0 Å². The van der Waals surface area contributed by atoms with Gasteiger partial charge in [0.05, 0.1) is 11.3 Å². The molecule has 0 bridgehead atoms. The van der Waals surface area contributed by atoms with Crippen molar-refractivity contribution in [3.8, 4) is 5.69 Å². The topological polar surface area (TPSA) is 102 Å². The van der Waals surface area contributed by atoms with Crippen molar-refractivity contribution in [3.63, 3.8) is 0 Å². The van der Waals surface area contributed by atoms with Crippen molar-refractivity contribution < 1.29 is 19.1 Å². The molecule has 142 valence electrons. The van der Waals surface area contributed by atoms with E-state index in [2.05, 4.69) is 15.7 Å². The number of nitrogens with zero attached hydrogens (tertiary/aromatic N) is 2. The molecule has 2 N–H and O–H groups in total. The van der Waals surface area contributed by atoms with Crippen molar-refractivity contribution in [2.45, 2.75) is 44.8 Å². The van der Waals surface area contributed by atoms with Gasteiger partial charge in [0, 0.05) is 18.4 Å². The standard InChI is InChI=1S/C19H22N4O4/c1-13(17(24)22-19(26)21-15-5-2-3-6-15)27-18(25)14-7-9-16(10-8-14)23-12-4-11-20-23/h4,7-13,15H,2-3,5-6H2,1H3,(H2,21,22,24,26)/t13-/m0/s1. The molecule has 1 aromatic carbocycles. The lowest BCUT2D eigenvalue weighted by Crippen LogP contribution is -2.47. The van der Waals surface area contributed by atoms with Crippen LogP contribution in [0.4, 0.5) is 4.79 Å². The number of esters is 1. The Morgan fingerprint density at radius 2 is 1.89 bits per heavy atom. The predicted molar refractivity (Wildman–Crippen MR) is 97.4 cm³/mol. The lowest BCUT2D eigenvalue weighted by molar-refractivity contribution is -0.127. The summed E-state index contributed by atoms with van der Waals surface area (Å²) < 4.78 is 6.81. The SMILES string of the molecule is C[C@H](OC(=O)c1ccc(-n2cccn2)cc1)C(=O)NC(=O)NC1CCCC1. The van der Waals surface area contributed by atoms with E-state index in [0.29, 0.717) is 5.56 Å². The number of imide groups is 1. The number of amides is 3. The van der Waals surface area contributed by atoms with Gasteiger partial charge in [0.25, 0.3) is 5.91 Å². The van der Waals surface area contributed by atoms with Crippen LogP contribution in [0.1, 0.15) is 43.0 Å². The molecule has 3 rings (SSSR count). The molecule has 0 radical (unpaired) electrons. The molecule has 0 unspecified atom stereocenters. The second-order valence-corrected chi connectivity index (χ2v) is 6.49. The summed E-state index contributed by atoms with van der Waals surface area (Å²) in [6.45, 7) is 1.42. The number of benzene rings is 1. The van der Waals surface area contributed by atoms with Crippen LogP contribution in [0.15, 0.2) is 42.7 Å². The Labute approximate surface area is 156 Å². The lowest BCUT2D eigenvalue weighted by Gasteiger charge is -2.15. The predicted octanol–water partition coefficient (Wildman–Crippen LogP) is 2.19. The number of rotatable bonds is 5. The van der Waals surface area contributed by atoms with E-state index < -0.39 is 24.0 Å². The number of urea groups is 1. The molecule has 8 heteroatoms. The Morgan fingerprint density at radius 1 is 1.19 bits per heavy atom. The number of hydrogen-bond acceptors (Lipinski definition) is 5. The minimum Gasteiger partial charge on any atom is -0.449 e. The average molecular weight is 370 g/mol. The van der Waals surface area contributed by atoms with Gasteiger partial charge in [0.2, 0.25) is 0 Å². The van der Waals surface area contributed by atoms with Crippen molar-refractivity contribution >= 4 is 17.9 Å². The highest BCUT2D eigenvalue weighted by atomic mass is 16.5. The smallest absolute Gasteiger partial charge is 0.338 e. The van der Waals surface area contributed by atoms with E-state index in [1.807, 2.05) is 0 Å². The maximum atomic E-state index is 12.2. The monoisotopic (exact) mass is 370 g/mol. The van der Waals surface area contributed by atoms with Crippen LogP contribution in [0.25, 0.3) is 5.69 Å². The average Bonchev–Trinajstić information content (AvgIpc) is 3.35. The maximum absolute atomic E-state index is 12.2. The zero-order valence-corrected chi connectivity index (χ0v) is 15.1. The van der Waals surface area contributed by atoms with Gasteiger partial charge in [0.15, 0.2) is 6.10 Å². The van der Waals surface area contributed by atoms with Gasteiger partial charge in [0.1, 0.15) is 0 Å². The fourth-order valence-electron chi connectivity index (χ4n) is 2.96. The summed E-state index contributed by atoms with van der Waals surface area (Å²) in [5.74, 6) is -1.30. The third-order valence-electron chi connectivity index (χ3n) is 4.45. The fraction of sp³-hybridized carbons (Fsp3) is 0.368. The molecule has 1 fully saturated rings. The first-order valence-corrected chi connectivity index (χ1v) is 8.95. The summed E-state index contributed by atoms with van der Waals surface area (Å²) in [6.07, 6.45) is 6.35. The fourth-order valence-corrected chi connectivity index (χ4v) is 2.96. The van der Waals surface area contributed by atoms with Gasteiger partial charge in [-0.1, -0.05) is 12.8 Å². The molecule has 0 spiro atoms. The number of carbonyl (C=O) groups excluding carboxylic acids is 3. The van der Waals surface area contributed by atoms with Gasteiger partial charge in [-0.25, -0.2) is 14.3 Å². The van der Waals surface area contributed by atoms with Crippen LogP contribution in [0, 0.1) is 0 Å². The molecule has 27 heavy (non-hydrogen) atoms. The number of nitrogens with one attached hydrogen (secondary N) is 2. The van der Waals surface area contributed by atoms with Gasteiger partial charge >= 0.3 is 12.0 Å². The van der Waals surface area contributed by atoms with E-state index in [9.17, 15) is 14.4 Å². The maximum Gasteiger partial charge on any atom is 0.338 e. The first-order valence-electron chi connectivity index (χ1n) is 8.95. The Morgan fingerprint density at radius 3 is 2.52 bits per heavy atom. The molecule has 1 aromatic heterocycles. The lowest BCUT2D eigenvalue weighted by atomic mass is 10.2. The van der Waals surface area contributed by atoms with Gasteiger partial charge in [-0.3, -0.25) is 10.1 Å². The van der Waals surface area contributed by atoms with Crippen LogP contribution in [0.2, 0.25) is 0 Å². The van der Waals surface area contributed by atoms with E-state index in [1.165, 1.54) is 6.92 Å². The highest BCUT2D eigenvalue weighted by molar-refractivity contribution is 5.98. The highest BCUT2D eigenvalue weighted by Crippen LogP contribution is 2.17. The van der Waals surface area contributed by atoms with Gasteiger partial charge in [-0.15, -0.1) is 0 Å². The van der Waals surface area contributed by atoms with Crippen LogP contribution in [0.5, 0.6) is 0 Å². The molecule has 1 heterocycles. The molecule has 1 aliphatic rings. The quantitative estimate of drug-likeness (QED) is 0.786. The Balaban J connectivity index is 1.50. The molecule has 1 aliphatic carbocycles. The highest BCUT2D eigenvalue weighted by Gasteiger charge is 2.23. The minimum atomic E-state index is -1.09. The summed E-state index contributed by atoms with van der Waals surface area (Å²) in [5, 5.41) is 9.07. The minimum absolute atomic E-state index is 0.101. The number of hydrogen-bond donors (Lipinski definition) is 2. The van der Waals surface area contributed by atoms with Crippen molar-refractivity contribution in [1.82, 2.24) is 20.4 Å². The molecular formula is C19H22N4O4. The Bertz CT molecular complexity index is 796. The first-order chi connectivity index (χ1) is 13.0. The number of aromatic nitrogens is 2. The van der Waals surface area contributed by atoms with E-state index in [0.717, 1.165) is 31.4 Å². The summed E-state index contributed by atoms with van der Waals surface area (Å²) >= 11 is 0. The molecule has 0 saturated heterocycles. The van der Waals surface area contributed by atoms with Gasteiger partial charge in [-0.2, -0.15) is 5.10 Å². The van der Waals surface area contributed by atoms with E-state index in [1.54, 1.807) is 47.4 Å². The van der Waals surface area contributed by atoms with Crippen molar-refractivity contribution in [2.24, 2.45) is 0 Å². The molecule has 2 aromatic rings.